The molecule has 3 nitrogen and oxygen atoms in total. The monoisotopic (exact) mass is 372 g/mol. The van der Waals surface area contributed by atoms with Crippen LogP contribution in [0.2, 0.25) is 0 Å². The van der Waals surface area contributed by atoms with Crippen LogP contribution in [0.15, 0.2) is 24.3 Å². The summed E-state index contributed by atoms with van der Waals surface area (Å²) in [4.78, 5) is 14.4. The number of halogens is 1. The Hall–Kier alpha value is -0.620. The van der Waals surface area contributed by atoms with Crippen molar-refractivity contribution in [2.45, 2.75) is 19.8 Å². The molecule has 0 unspecified atom stereocenters. The van der Waals surface area contributed by atoms with E-state index in [0.717, 1.165) is 28.1 Å². The number of hydrogen-bond acceptors (Lipinski definition) is 2. The molecule has 4 heteroatoms. The molecule has 1 saturated heterocycles. The first kappa shape index (κ1) is 14.8. The highest BCUT2D eigenvalue weighted by Gasteiger charge is 2.15. The minimum Gasteiger partial charge on any atom is -0.351 e. The van der Waals surface area contributed by atoms with Gasteiger partial charge in [-0.25, -0.2) is 0 Å². The SMILES string of the molecule is C[C@H]1CCCN(CCNC(=O)c2ccc(I)cc2)C1. The third-order valence-electron chi connectivity index (χ3n) is 3.56. The lowest BCUT2D eigenvalue weighted by Gasteiger charge is -2.30. The van der Waals surface area contributed by atoms with E-state index in [4.69, 9.17) is 0 Å². The Kier molecular flexibility index (Phi) is 5.63. The van der Waals surface area contributed by atoms with Gasteiger partial charge in [-0.2, -0.15) is 0 Å². The summed E-state index contributed by atoms with van der Waals surface area (Å²) in [7, 11) is 0. The summed E-state index contributed by atoms with van der Waals surface area (Å²) in [5, 5.41) is 3.00. The number of hydrogen-bond donors (Lipinski definition) is 1. The zero-order valence-corrected chi connectivity index (χ0v) is 13.5. The highest BCUT2D eigenvalue weighted by atomic mass is 127. The van der Waals surface area contributed by atoms with Crippen LogP contribution in [0.1, 0.15) is 30.1 Å². The van der Waals surface area contributed by atoms with Crippen LogP contribution < -0.4 is 5.32 Å². The van der Waals surface area contributed by atoms with Crippen molar-refractivity contribution in [3.63, 3.8) is 0 Å². The lowest BCUT2D eigenvalue weighted by molar-refractivity contribution is 0.0944. The molecule has 1 amide bonds. The lowest BCUT2D eigenvalue weighted by atomic mass is 10.0. The Balaban J connectivity index is 1.73. The third kappa shape index (κ3) is 4.76. The summed E-state index contributed by atoms with van der Waals surface area (Å²) in [5.41, 5.74) is 0.743. The minimum atomic E-state index is 0.0291. The van der Waals surface area contributed by atoms with Gasteiger partial charge in [-0.3, -0.25) is 4.79 Å². The summed E-state index contributed by atoms with van der Waals surface area (Å²) in [5.74, 6) is 0.821. The molecule has 0 aliphatic carbocycles. The minimum absolute atomic E-state index is 0.0291. The Bertz CT molecular complexity index is 419. The third-order valence-corrected chi connectivity index (χ3v) is 4.28. The maximum Gasteiger partial charge on any atom is 0.251 e. The van der Waals surface area contributed by atoms with Gasteiger partial charge in [-0.15, -0.1) is 0 Å². The van der Waals surface area contributed by atoms with Crippen LogP contribution in [-0.4, -0.2) is 37.0 Å². The van der Waals surface area contributed by atoms with Crippen LogP contribution in [0, 0.1) is 9.49 Å². The number of nitrogens with one attached hydrogen (secondary N) is 1. The molecule has 1 fully saturated rings. The summed E-state index contributed by atoms with van der Waals surface area (Å²) in [6, 6.07) is 7.67. The van der Waals surface area contributed by atoms with Crippen molar-refractivity contribution >= 4 is 28.5 Å². The number of carbonyl (C=O) groups excluding carboxylic acids is 1. The van der Waals surface area contributed by atoms with Crippen LogP contribution >= 0.6 is 22.6 Å². The van der Waals surface area contributed by atoms with E-state index in [1.807, 2.05) is 24.3 Å². The number of likely N-dealkylation sites (tertiary alicyclic amines) is 1. The van der Waals surface area contributed by atoms with Gasteiger partial charge in [-0.1, -0.05) is 6.92 Å². The van der Waals surface area contributed by atoms with E-state index >= 15 is 0 Å². The van der Waals surface area contributed by atoms with Gasteiger partial charge < -0.3 is 10.2 Å². The normalized spacial score (nSPS) is 20.2. The van der Waals surface area contributed by atoms with Crippen molar-refractivity contribution in [3.8, 4) is 0 Å². The van der Waals surface area contributed by atoms with Crippen LogP contribution in [-0.2, 0) is 0 Å². The molecular weight excluding hydrogens is 351 g/mol. The van der Waals surface area contributed by atoms with Crippen LogP contribution in [0.4, 0.5) is 0 Å². The van der Waals surface area contributed by atoms with Gasteiger partial charge in [0.2, 0.25) is 0 Å². The van der Waals surface area contributed by atoms with Crippen molar-refractivity contribution < 1.29 is 4.79 Å². The van der Waals surface area contributed by atoms with Gasteiger partial charge in [0, 0.05) is 28.8 Å². The highest BCUT2D eigenvalue weighted by molar-refractivity contribution is 14.1. The van der Waals surface area contributed by atoms with Crippen molar-refractivity contribution in [1.82, 2.24) is 10.2 Å². The zero-order chi connectivity index (χ0) is 13.7. The van der Waals surface area contributed by atoms with Crippen molar-refractivity contribution in [1.29, 1.82) is 0 Å². The maximum atomic E-state index is 11.9. The number of rotatable bonds is 4. The van der Waals surface area contributed by atoms with E-state index in [9.17, 15) is 4.79 Å². The molecule has 1 aliphatic heterocycles. The molecule has 0 aromatic heterocycles. The van der Waals surface area contributed by atoms with Gasteiger partial charge >= 0.3 is 0 Å². The second kappa shape index (κ2) is 7.24. The van der Waals surface area contributed by atoms with Crippen LogP contribution in [0.5, 0.6) is 0 Å². The standard InChI is InChI=1S/C15H21IN2O/c1-12-3-2-9-18(11-12)10-8-17-15(19)13-4-6-14(16)7-5-13/h4-7,12H,2-3,8-11H2,1H3,(H,17,19)/t12-/m0/s1. The predicted octanol–water partition coefficient (Wildman–Crippen LogP) is 2.75. The molecule has 1 heterocycles. The molecule has 0 saturated carbocycles. The average molecular weight is 372 g/mol. The smallest absolute Gasteiger partial charge is 0.251 e. The van der Waals surface area contributed by atoms with Crippen molar-refractivity contribution in [3.05, 3.63) is 33.4 Å². The first-order valence-electron chi connectivity index (χ1n) is 6.91. The molecule has 19 heavy (non-hydrogen) atoms. The largest absolute Gasteiger partial charge is 0.351 e. The zero-order valence-electron chi connectivity index (χ0n) is 11.4. The summed E-state index contributed by atoms with van der Waals surface area (Å²) >= 11 is 2.24. The van der Waals surface area contributed by atoms with Crippen molar-refractivity contribution in [2.75, 3.05) is 26.2 Å². The van der Waals surface area contributed by atoms with Crippen LogP contribution in [0.25, 0.3) is 0 Å². The van der Waals surface area contributed by atoms with Gasteiger partial charge in [0.25, 0.3) is 5.91 Å². The Morgan fingerprint density at radius 3 is 2.84 bits per heavy atom. The first-order valence-corrected chi connectivity index (χ1v) is 7.99. The van der Waals surface area contributed by atoms with Gasteiger partial charge in [0.05, 0.1) is 0 Å². The Morgan fingerprint density at radius 1 is 1.42 bits per heavy atom. The average Bonchev–Trinajstić information content (AvgIpc) is 2.39. The Morgan fingerprint density at radius 2 is 2.16 bits per heavy atom. The number of piperidine rings is 1. The van der Waals surface area contributed by atoms with Gasteiger partial charge in [0.1, 0.15) is 0 Å². The molecule has 104 valence electrons. The van der Waals surface area contributed by atoms with E-state index in [1.165, 1.54) is 25.9 Å². The molecule has 1 N–H and O–H groups in total. The highest BCUT2D eigenvalue weighted by Crippen LogP contribution is 2.14. The topological polar surface area (TPSA) is 32.3 Å². The molecular formula is C15H21IN2O. The molecule has 0 bridgehead atoms. The van der Waals surface area contributed by atoms with E-state index in [0.29, 0.717) is 0 Å². The summed E-state index contributed by atoms with van der Waals surface area (Å²) < 4.78 is 1.15. The van der Waals surface area contributed by atoms with E-state index in [2.05, 4.69) is 39.7 Å². The molecule has 1 atom stereocenters. The molecule has 1 aliphatic rings. The fourth-order valence-electron chi connectivity index (χ4n) is 2.52. The van der Waals surface area contributed by atoms with E-state index in [1.54, 1.807) is 0 Å². The maximum absolute atomic E-state index is 11.9. The quantitative estimate of drug-likeness (QED) is 0.825. The molecule has 1 aromatic carbocycles. The van der Waals surface area contributed by atoms with E-state index < -0.39 is 0 Å². The summed E-state index contributed by atoms with van der Waals surface area (Å²) in [6.45, 7) is 6.33. The fraction of sp³-hybridized carbons (Fsp3) is 0.533. The molecule has 1 aromatic rings. The van der Waals surface area contributed by atoms with Crippen LogP contribution in [0.3, 0.4) is 0 Å². The second-order valence-corrected chi connectivity index (χ2v) is 6.56. The predicted molar refractivity (Wildman–Crippen MR) is 86.3 cm³/mol. The van der Waals surface area contributed by atoms with Gasteiger partial charge in [-0.05, 0) is 72.2 Å². The van der Waals surface area contributed by atoms with E-state index in [-0.39, 0.29) is 5.91 Å². The van der Waals surface area contributed by atoms with Crippen molar-refractivity contribution in [2.24, 2.45) is 5.92 Å². The Labute approximate surface area is 128 Å². The number of nitrogens with zero attached hydrogens (tertiary/aromatic N) is 1. The number of benzene rings is 1. The molecule has 0 spiro atoms. The first-order chi connectivity index (χ1) is 9.15. The van der Waals surface area contributed by atoms with Gasteiger partial charge in [0.15, 0.2) is 0 Å². The fourth-order valence-corrected chi connectivity index (χ4v) is 2.88. The molecule has 0 radical (unpaired) electrons. The number of carbonyl (C=O) groups is 1. The number of amides is 1. The molecule has 2 rings (SSSR count). The lowest BCUT2D eigenvalue weighted by Crippen LogP contribution is -2.40. The second-order valence-electron chi connectivity index (χ2n) is 5.31. The summed E-state index contributed by atoms with van der Waals surface area (Å²) in [6.07, 6.45) is 2.62.